The summed E-state index contributed by atoms with van der Waals surface area (Å²) >= 11 is 0. The van der Waals surface area contributed by atoms with Crippen molar-refractivity contribution in [1.82, 2.24) is 20.5 Å². The number of aliphatic hydroxyl groups excluding tert-OH is 1. The van der Waals surface area contributed by atoms with Crippen molar-refractivity contribution in [2.75, 3.05) is 25.0 Å². The average Bonchev–Trinajstić information content (AvgIpc) is 3.15. The number of anilines is 1. The van der Waals surface area contributed by atoms with E-state index in [1.54, 1.807) is 12.3 Å². The van der Waals surface area contributed by atoms with Crippen LogP contribution in [0.15, 0.2) is 42.6 Å². The topological polar surface area (TPSA) is 83.0 Å². The molecule has 4 rings (SSSR count). The van der Waals surface area contributed by atoms with E-state index in [0.29, 0.717) is 35.7 Å². The molecule has 0 radical (unpaired) electrons. The molecule has 3 heterocycles. The highest BCUT2D eigenvalue weighted by atomic mass is 35.5. The number of aliphatic hydroxyl groups is 1. The van der Waals surface area contributed by atoms with Crippen LogP contribution in [-0.2, 0) is 6.18 Å². The Kier molecular flexibility index (Phi) is 6.21. The minimum absolute atomic E-state index is 0. The molecule has 0 saturated carbocycles. The first-order valence-electron chi connectivity index (χ1n) is 8.84. The Bertz CT molecular complexity index is 984. The van der Waals surface area contributed by atoms with Crippen LogP contribution in [-0.4, -0.2) is 46.0 Å². The number of aromatic nitrogens is 3. The van der Waals surface area contributed by atoms with Crippen LogP contribution in [0, 0.1) is 5.92 Å². The highest BCUT2D eigenvalue weighted by molar-refractivity contribution is 5.97. The Morgan fingerprint density at radius 3 is 2.55 bits per heavy atom. The lowest BCUT2D eigenvalue weighted by molar-refractivity contribution is -0.137. The molecule has 1 aliphatic rings. The molecule has 0 unspecified atom stereocenters. The minimum atomic E-state index is -4.39. The largest absolute Gasteiger partial charge is 0.416 e. The van der Waals surface area contributed by atoms with Crippen LogP contribution in [0.2, 0.25) is 0 Å². The van der Waals surface area contributed by atoms with Crippen LogP contribution >= 0.6 is 12.4 Å². The molecule has 6 nitrogen and oxygen atoms in total. The summed E-state index contributed by atoms with van der Waals surface area (Å²) in [6, 6.07) is 8.39. The van der Waals surface area contributed by atoms with E-state index in [-0.39, 0.29) is 31.0 Å². The fraction of sp³-hybridized carbons (Fsp3) is 0.316. The number of benzene rings is 1. The smallest absolute Gasteiger partial charge is 0.396 e. The molecule has 29 heavy (non-hydrogen) atoms. The SMILES string of the molecule is Cl.OC[C@@H]1CNC[C@H]1Nc1nnc(-c2ccc(C(F)(F)F)cc2)c2ncccc12. The molecule has 10 heteroatoms. The van der Waals surface area contributed by atoms with E-state index in [4.69, 9.17) is 0 Å². The lowest BCUT2D eigenvalue weighted by Gasteiger charge is -2.19. The van der Waals surface area contributed by atoms with Crippen molar-refractivity contribution in [2.24, 2.45) is 5.92 Å². The Morgan fingerprint density at radius 1 is 1.10 bits per heavy atom. The maximum absolute atomic E-state index is 12.8. The molecule has 3 aromatic rings. The molecule has 1 aromatic carbocycles. The summed E-state index contributed by atoms with van der Waals surface area (Å²) in [6.45, 7) is 1.45. The van der Waals surface area contributed by atoms with Crippen molar-refractivity contribution in [3.05, 3.63) is 48.2 Å². The summed E-state index contributed by atoms with van der Waals surface area (Å²) in [6.07, 6.45) is -2.79. The molecule has 0 spiro atoms. The van der Waals surface area contributed by atoms with E-state index in [2.05, 4.69) is 25.8 Å². The number of rotatable bonds is 4. The van der Waals surface area contributed by atoms with Gasteiger partial charge in [-0.25, -0.2) is 0 Å². The van der Waals surface area contributed by atoms with Crippen LogP contribution in [0.4, 0.5) is 19.0 Å². The number of hydrogen-bond donors (Lipinski definition) is 3. The first kappa shape index (κ1) is 21.2. The van der Waals surface area contributed by atoms with Gasteiger partial charge in [0.25, 0.3) is 0 Å². The fourth-order valence-corrected chi connectivity index (χ4v) is 3.37. The van der Waals surface area contributed by atoms with E-state index >= 15 is 0 Å². The third-order valence-corrected chi connectivity index (χ3v) is 4.92. The zero-order valence-electron chi connectivity index (χ0n) is 15.1. The second kappa shape index (κ2) is 8.48. The number of nitrogens with zero attached hydrogens (tertiary/aromatic N) is 3. The second-order valence-electron chi connectivity index (χ2n) is 6.72. The molecule has 2 aromatic heterocycles. The highest BCUT2D eigenvalue weighted by Crippen LogP contribution is 2.33. The molecule has 154 valence electrons. The molecular formula is C19H19ClF3N5O. The van der Waals surface area contributed by atoms with Crippen molar-refractivity contribution in [3.63, 3.8) is 0 Å². The monoisotopic (exact) mass is 425 g/mol. The maximum atomic E-state index is 12.8. The van der Waals surface area contributed by atoms with Crippen molar-refractivity contribution in [1.29, 1.82) is 0 Å². The summed E-state index contributed by atoms with van der Waals surface area (Å²) < 4.78 is 38.4. The third-order valence-electron chi connectivity index (χ3n) is 4.92. The molecule has 0 aliphatic carbocycles. The Balaban J connectivity index is 0.00000240. The zero-order valence-corrected chi connectivity index (χ0v) is 16.0. The lowest BCUT2D eigenvalue weighted by atomic mass is 10.0. The van der Waals surface area contributed by atoms with Gasteiger partial charge >= 0.3 is 6.18 Å². The van der Waals surface area contributed by atoms with Crippen LogP contribution in [0.5, 0.6) is 0 Å². The molecule has 3 N–H and O–H groups in total. The molecule has 1 fully saturated rings. The van der Waals surface area contributed by atoms with E-state index in [1.165, 1.54) is 12.1 Å². The molecule has 2 atom stereocenters. The summed E-state index contributed by atoms with van der Waals surface area (Å²) in [5.41, 5.74) is 0.749. The predicted molar refractivity (Wildman–Crippen MR) is 106 cm³/mol. The summed E-state index contributed by atoms with van der Waals surface area (Å²) in [5, 5.41) is 25.2. The number of hydrogen-bond acceptors (Lipinski definition) is 6. The van der Waals surface area contributed by atoms with E-state index in [9.17, 15) is 18.3 Å². The van der Waals surface area contributed by atoms with Gasteiger partial charge in [0.1, 0.15) is 11.2 Å². The van der Waals surface area contributed by atoms with Gasteiger partial charge in [0.05, 0.1) is 5.56 Å². The number of pyridine rings is 1. The quantitative estimate of drug-likeness (QED) is 0.595. The number of fused-ring (bicyclic) bond motifs is 1. The summed E-state index contributed by atoms with van der Waals surface area (Å²) in [5.74, 6) is 0.592. The summed E-state index contributed by atoms with van der Waals surface area (Å²) in [7, 11) is 0. The molecular weight excluding hydrogens is 407 g/mol. The predicted octanol–water partition coefficient (Wildman–Crippen LogP) is 3.12. The van der Waals surface area contributed by atoms with Crippen molar-refractivity contribution in [3.8, 4) is 11.3 Å². The molecule has 0 amide bonds. The van der Waals surface area contributed by atoms with Gasteiger partial charge in [0.2, 0.25) is 0 Å². The third kappa shape index (κ3) is 4.26. The number of halogens is 4. The van der Waals surface area contributed by atoms with Gasteiger partial charge in [0, 0.05) is 48.8 Å². The fourth-order valence-electron chi connectivity index (χ4n) is 3.37. The second-order valence-corrected chi connectivity index (χ2v) is 6.72. The first-order valence-corrected chi connectivity index (χ1v) is 8.84. The average molecular weight is 426 g/mol. The minimum Gasteiger partial charge on any atom is -0.396 e. The van der Waals surface area contributed by atoms with Crippen LogP contribution in [0.25, 0.3) is 22.2 Å². The van der Waals surface area contributed by atoms with E-state index in [0.717, 1.165) is 17.5 Å². The Hall–Kier alpha value is -2.49. The molecule has 0 bridgehead atoms. The van der Waals surface area contributed by atoms with Gasteiger partial charge in [0.15, 0.2) is 5.82 Å². The van der Waals surface area contributed by atoms with Crippen molar-refractivity contribution in [2.45, 2.75) is 12.2 Å². The normalized spacial score (nSPS) is 19.2. The van der Waals surface area contributed by atoms with Gasteiger partial charge in [-0.3, -0.25) is 4.98 Å². The van der Waals surface area contributed by atoms with Gasteiger partial charge < -0.3 is 15.7 Å². The van der Waals surface area contributed by atoms with Crippen LogP contribution in [0.1, 0.15) is 5.56 Å². The van der Waals surface area contributed by atoms with E-state index in [1.807, 2.05) is 6.07 Å². The zero-order chi connectivity index (χ0) is 19.7. The van der Waals surface area contributed by atoms with Gasteiger partial charge in [-0.05, 0) is 24.3 Å². The van der Waals surface area contributed by atoms with Crippen molar-refractivity contribution < 1.29 is 18.3 Å². The lowest BCUT2D eigenvalue weighted by Crippen LogP contribution is -2.31. The molecule has 1 saturated heterocycles. The standard InChI is InChI=1S/C19H18F3N5O.ClH/c20-19(21,22)13-5-3-11(4-6-13)16-17-14(2-1-7-24-17)18(27-26-16)25-15-9-23-8-12(15)10-28;/h1-7,12,15,23,28H,8-10H2,(H,25,27);1H/t12-,15+;/m0./s1. The summed E-state index contributed by atoms with van der Waals surface area (Å²) in [4.78, 5) is 4.37. The van der Waals surface area contributed by atoms with E-state index < -0.39 is 11.7 Å². The number of nitrogens with one attached hydrogen (secondary N) is 2. The Labute approximate surface area is 171 Å². The highest BCUT2D eigenvalue weighted by Gasteiger charge is 2.30. The van der Waals surface area contributed by atoms with Gasteiger partial charge in [-0.2, -0.15) is 13.2 Å². The maximum Gasteiger partial charge on any atom is 0.416 e. The van der Waals surface area contributed by atoms with Gasteiger partial charge in [-0.1, -0.05) is 12.1 Å². The van der Waals surface area contributed by atoms with Crippen molar-refractivity contribution >= 4 is 29.1 Å². The van der Waals surface area contributed by atoms with Crippen LogP contribution < -0.4 is 10.6 Å². The van der Waals surface area contributed by atoms with Crippen LogP contribution in [0.3, 0.4) is 0 Å². The Morgan fingerprint density at radius 2 is 1.86 bits per heavy atom. The first-order chi connectivity index (χ1) is 13.5. The number of alkyl halides is 3. The van der Waals surface area contributed by atoms with Gasteiger partial charge in [-0.15, -0.1) is 22.6 Å². The molecule has 1 aliphatic heterocycles.